The molecule has 102 valence electrons. The van der Waals surface area contributed by atoms with Gasteiger partial charge in [-0.2, -0.15) is 4.98 Å². The fourth-order valence-corrected chi connectivity index (χ4v) is 2.74. The number of rotatable bonds is 2. The maximum atomic E-state index is 12.5. The zero-order valence-electron chi connectivity index (χ0n) is 10.7. The van der Waals surface area contributed by atoms with Crippen LogP contribution in [0, 0.1) is 0 Å². The summed E-state index contributed by atoms with van der Waals surface area (Å²) in [5.74, 6) is 0. The van der Waals surface area contributed by atoms with E-state index in [2.05, 4.69) is 9.97 Å². The molecule has 0 spiro atoms. The molecule has 0 atom stereocenters. The third-order valence-electron chi connectivity index (χ3n) is 3.55. The van der Waals surface area contributed by atoms with Crippen molar-refractivity contribution in [3.05, 3.63) is 22.0 Å². The average molecular weight is 283 g/mol. The second kappa shape index (κ2) is 4.94. The van der Waals surface area contributed by atoms with Crippen molar-refractivity contribution in [2.24, 2.45) is 0 Å². The number of aromatic nitrogens is 4. The summed E-state index contributed by atoms with van der Waals surface area (Å²) >= 11 is 5.86. The van der Waals surface area contributed by atoms with E-state index in [9.17, 15) is 4.79 Å². The molecule has 6 nitrogen and oxygen atoms in total. The van der Waals surface area contributed by atoms with Gasteiger partial charge in [0, 0.05) is 25.8 Å². The Labute approximate surface area is 115 Å². The summed E-state index contributed by atoms with van der Waals surface area (Å²) in [7, 11) is 0. The van der Waals surface area contributed by atoms with Crippen molar-refractivity contribution in [1.29, 1.82) is 0 Å². The average Bonchev–Trinajstić information content (AvgIpc) is 2.70. The third-order valence-corrected chi connectivity index (χ3v) is 3.73. The fraction of sp³-hybridized carbons (Fsp3) is 0.583. The summed E-state index contributed by atoms with van der Waals surface area (Å²) < 4.78 is 8.78. The first kappa shape index (κ1) is 12.6. The lowest BCUT2D eigenvalue weighted by Crippen LogP contribution is -2.30. The molecule has 3 rings (SSSR count). The highest BCUT2D eigenvalue weighted by atomic mass is 35.5. The molecule has 7 heteroatoms. The molecule has 2 aromatic heterocycles. The Kier molecular flexibility index (Phi) is 3.28. The SMILES string of the molecule is CCn1c(=O)n(C2CCOCC2)c2nc(Cl)ncc21. The highest BCUT2D eigenvalue weighted by Crippen LogP contribution is 2.23. The highest BCUT2D eigenvalue weighted by Gasteiger charge is 2.23. The first-order valence-corrected chi connectivity index (χ1v) is 6.81. The quantitative estimate of drug-likeness (QED) is 0.785. The molecule has 0 amide bonds. The largest absolute Gasteiger partial charge is 0.381 e. The second-order valence-electron chi connectivity index (χ2n) is 4.59. The van der Waals surface area contributed by atoms with E-state index >= 15 is 0 Å². The Morgan fingerprint density at radius 3 is 2.89 bits per heavy atom. The van der Waals surface area contributed by atoms with Crippen LogP contribution in [0.25, 0.3) is 11.2 Å². The van der Waals surface area contributed by atoms with Gasteiger partial charge in [0.15, 0.2) is 5.65 Å². The number of hydrogen-bond donors (Lipinski definition) is 0. The van der Waals surface area contributed by atoms with Gasteiger partial charge >= 0.3 is 5.69 Å². The van der Waals surface area contributed by atoms with Crippen molar-refractivity contribution in [3.8, 4) is 0 Å². The summed E-state index contributed by atoms with van der Waals surface area (Å²) in [5, 5.41) is 0.168. The van der Waals surface area contributed by atoms with Crippen LogP contribution < -0.4 is 5.69 Å². The van der Waals surface area contributed by atoms with Crippen LogP contribution in [-0.4, -0.2) is 32.3 Å². The number of fused-ring (bicyclic) bond motifs is 1. The van der Waals surface area contributed by atoms with Gasteiger partial charge in [-0.3, -0.25) is 9.13 Å². The Hall–Kier alpha value is -1.40. The van der Waals surface area contributed by atoms with Crippen LogP contribution in [0.2, 0.25) is 5.28 Å². The van der Waals surface area contributed by atoms with Crippen molar-refractivity contribution in [3.63, 3.8) is 0 Å². The Balaban J connectivity index is 2.24. The normalized spacial score (nSPS) is 17.2. The molecule has 0 saturated carbocycles. The number of hydrogen-bond acceptors (Lipinski definition) is 4. The minimum atomic E-state index is -0.0408. The van der Waals surface area contributed by atoms with Gasteiger partial charge in [-0.15, -0.1) is 0 Å². The molecule has 1 aliphatic heterocycles. The highest BCUT2D eigenvalue weighted by molar-refractivity contribution is 6.28. The summed E-state index contributed by atoms with van der Waals surface area (Å²) in [6, 6.07) is 0.127. The van der Waals surface area contributed by atoms with Gasteiger partial charge < -0.3 is 4.74 Å². The molecule has 0 N–H and O–H groups in total. The standard InChI is InChI=1S/C12H15ClN4O2/c1-2-16-9-7-14-11(13)15-10(9)17(12(16)18)8-3-5-19-6-4-8/h7-8H,2-6H2,1H3. The molecule has 0 radical (unpaired) electrons. The molecule has 19 heavy (non-hydrogen) atoms. The van der Waals surface area contributed by atoms with Crippen LogP contribution >= 0.6 is 11.6 Å². The van der Waals surface area contributed by atoms with Crippen molar-refractivity contribution < 1.29 is 4.74 Å². The van der Waals surface area contributed by atoms with Crippen LogP contribution in [0.4, 0.5) is 0 Å². The van der Waals surface area contributed by atoms with E-state index < -0.39 is 0 Å². The molecule has 0 aliphatic carbocycles. The summed E-state index contributed by atoms with van der Waals surface area (Å²) in [4.78, 5) is 20.7. The Bertz CT molecular complexity index is 658. The molecule has 2 aromatic rings. The van der Waals surface area contributed by atoms with Gasteiger partial charge in [-0.25, -0.2) is 9.78 Å². The van der Waals surface area contributed by atoms with Gasteiger partial charge in [0.05, 0.1) is 6.20 Å². The first-order valence-electron chi connectivity index (χ1n) is 6.43. The smallest absolute Gasteiger partial charge is 0.330 e. The predicted octanol–water partition coefficient (Wildman–Crippen LogP) is 1.62. The second-order valence-corrected chi connectivity index (χ2v) is 4.93. The lowest BCUT2D eigenvalue weighted by Gasteiger charge is -2.22. The number of nitrogens with zero attached hydrogens (tertiary/aromatic N) is 4. The Morgan fingerprint density at radius 1 is 1.47 bits per heavy atom. The summed E-state index contributed by atoms with van der Waals surface area (Å²) in [6.07, 6.45) is 3.26. The van der Waals surface area contributed by atoms with Gasteiger partial charge in [-0.1, -0.05) is 0 Å². The van der Waals surface area contributed by atoms with E-state index in [0.29, 0.717) is 25.4 Å². The van der Waals surface area contributed by atoms with E-state index in [-0.39, 0.29) is 17.0 Å². The minimum Gasteiger partial charge on any atom is -0.381 e. The zero-order chi connectivity index (χ0) is 13.4. The van der Waals surface area contributed by atoms with Crippen LogP contribution in [0.1, 0.15) is 25.8 Å². The summed E-state index contributed by atoms with van der Waals surface area (Å²) in [5.41, 5.74) is 1.32. The fourth-order valence-electron chi connectivity index (χ4n) is 2.62. The van der Waals surface area contributed by atoms with Gasteiger partial charge in [0.1, 0.15) is 5.52 Å². The number of imidazole rings is 1. The van der Waals surface area contributed by atoms with Crippen LogP contribution in [-0.2, 0) is 11.3 Å². The van der Waals surface area contributed by atoms with Crippen molar-refractivity contribution in [2.45, 2.75) is 32.4 Å². The van der Waals surface area contributed by atoms with Crippen LogP contribution in [0.3, 0.4) is 0 Å². The molecule has 1 fully saturated rings. The van der Waals surface area contributed by atoms with E-state index in [0.717, 1.165) is 18.4 Å². The minimum absolute atomic E-state index is 0.0408. The van der Waals surface area contributed by atoms with Crippen molar-refractivity contribution in [2.75, 3.05) is 13.2 Å². The maximum absolute atomic E-state index is 12.5. The van der Waals surface area contributed by atoms with Gasteiger partial charge in [-0.05, 0) is 31.4 Å². The van der Waals surface area contributed by atoms with E-state index in [1.165, 1.54) is 0 Å². The van der Waals surface area contributed by atoms with E-state index in [4.69, 9.17) is 16.3 Å². The lowest BCUT2D eigenvalue weighted by atomic mass is 10.1. The van der Waals surface area contributed by atoms with Crippen LogP contribution in [0.15, 0.2) is 11.0 Å². The van der Waals surface area contributed by atoms with E-state index in [1.54, 1.807) is 15.3 Å². The number of ether oxygens (including phenoxy) is 1. The summed E-state index contributed by atoms with van der Waals surface area (Å²) in [6.45, 7) is 3.88. The van der Waals surface area contributed by atoms with Crippen LogP contribution in [0.5, 0.6) is 0 Å². The molecular formula is C12H15ClN4O2. The molecule has 0 unspecified atom stereocenters. The predicted molar refractivity (Wildman–Crippen MR) is 71.6 cm³/mol. The molecule has 1 aliphatic rings. The lowest BCUT2D eigenvalue weighted by molar-refractivity contribution is 0.0694. The zero-order valence-corrected chi connectivity index (χ0v) is 11.4. The van der Waals surface area contributed by atoms with Crippen molar-refractivity contribution >= 4 is 22.8 Å². The monoisotopic (exact) mass is 282 g/mol. The van der Waals surface area contributed by atoms with Gasteiger partial charge in [0.25, 0.3) is 0 Å². The van der Waals surface area contributed by atoms with Crippen molar-refractivity contribution in [1.82, 2.24) is 19.1 Å². The molecule has 1 saturated heterocycles. The van der Waals surface area contributed by atoms with Gasteiger partial charge in [0.2, 0.25) is 5.28 Å². The molecule has 3 heterocycles. The molecule has 0 aromatic carbocycles. The first-order chi connectivity index (χ1) is 9.22. The molecular weight excluding hydrogens is 268 g/mol. The molecule has 0 bridgehead atoms. The number of aryl methyl sites for hydroxylation is 1. The van der Waals surface area contributed by atoms with E-state index in [1.807, 2.05) is 6.92 Å². The Morgan fingerprint density at radius 2 is 2.21 bits per heavy atom. The number of halogens is 1. The third kappa shape index (κ3) is 2.04. The topological polar surface area (TPSA) is 61.9 Å². The maximum Gasteiger partial charge on any atom is 0.330 e.